The van der Waals surface area contributed by atoms with Gasteiger partial charge in [-0.1, -0.05) is 48.5 Å². The van der Waals surface area contributed by atoms with Gasteiger partial charge in [0.05, 0.1) is 6.54 Å². The molecule has 2 aromatic carbocycles. The third-order valence-corrected chi connectivity index (χ3v) is 4.62. The van der Waals surface area contributed by atoms with E-state index in [1.54, 1.807) is 23.6 Å². The highest BCUT2D eigenvalue weighted by molar-refractivity contribution is 6.10. The molecule has 0 aliphatic heterocycles. The zero-order valence-corrected chi connectivity index (χ0v) is 16.1. The third-order valence-electron chi connectivity index (χ3n) is 4.62. The van der Waals surface area contributed by atoms with Gasteiger partial charge in [0.1, 0.15) is 5.41 Å². The van der Waals surface area contributed by atoms with E-state index in [9.17, 15) is 9.59 Å². The Hall–Kier alpha value is -2.62. The molecule has 2 amide bonds. The van der Waals surface area contributed by atoms with Gasteiger partial charge in [-0.3, -0.25) is 9.59 Å². The molecule has 0 spiro atoms. The van der Waals surface area contributed by atoms with Crippen molar-refractivity contribution in [3.63, 3.8) is 0 Å². The Kier molecular flexibility index (Phi) is 6.56. The number of carbonyl (C=O) groups is 2. The zero-order chi connectivity index (χ0) is 19.2. The Labute approximate surface area is 156 Å². The lowest BCUT2D eigenvalue weighted by molar-refractivity contribution is -0.147. The smallest absolute Gasteiger partial charge is 0.242 e. The lowest BCUT2D eigenvalue weighted by Gasteiger charge is -2.34. The van der Waals surface area contributed by atoms with E-state index in [1.165, 1.54) is 0 Å². The number of carbonyl (C=O) groups excluding carboxylic acids is 2. The van der Waals surface area contributed by atoms with Crippen molar-refractivity contribution in [3.8, 4) is 0 Å². The minimum atomic E-state index is -1.13. The van der Waals surface area contributed by atoms with Crippen LogP contribution in [-0.2, 0) is 16.1 Å². The van der Waals surface area contributed by atoms with Crippen LogP contribution in [-0.4, -0.2) is 29.8 Å². The van der Waals surface area contributed by atoms with Crippen LogP contribution >= 0.6 is 0 Å². The van der Waals surface area contributed by atoms with Gasteiger partial charge in [-0.2, -0.15) is 0 Å². The molecule has 0 aromatic heterocycles. The first-order valence-electron chi connectivity index (χ1n) is 9.12. The second-order valence-corrected chi connectivity index (χ2v) is 6.81. The van der Waals surface area contributed by atoms with Crippen LogP contribution in [0.4, 0.5) is 5.69 Å². The fraction of sp³-hybridized carbons (Fsp3) is 0.364. The van der Waals surface area contributed by atoms with Gasteiger partial charge in [0.2, 0.25) is 11.8 Å². The summed E-state index contributed by atoms with van der Waals surface area (Å²) in [7, 11) is 0. The molecule has 0 atom stereocenters. The first-order chi connectivity index (χ1) is 12.4. The van der Waals surface area contributed by atoms with Crippen molar-refractivity contribution >= 4 is 17.5 Å². The molecule has 0 saturated carbocycles. The van der Waals surface area contributed by atoms with Gasteiger partial charge in [-0.25, -0.2) is 0 Å². The molecule has 0 radical (unpaired) electrons. The normalized spacial score (nSPS) is 11.1. The van der Waals surface area contributed by atoms with E-state index in [-0.39, 0.29) is 11.8 Å². The van der Waals surface area contributed by atoms with Gasteiger partial charge in [0.15, 0.2) is 0 Å². The molecular formula is C22H28N2O2. The molecule has 0 aliphatic rings. The molecule has 0 N–H and O–H groups in total. The molecule has 0 unspecified atom stereocenters. The summed E-state index contributed by atoms with van der Waals surface area (Å²) in [5.41, 5.74) is 0.689. The summed E-state index contributed by atoms with van der Waals surface area (Å²) >= 11 is 0. The van der Waals surface area contributed by atoms with Crippen molar-refractivity contribution in [1.82, 2.24) is 4.90 Å². The van der Waals surface area contributed by atoms with Crippen LogP contribution in [0.25, 0.3) is 0 Å². The minimum Gasteiger partial charge on any atom is -0.342 e. The van der Waals surface area contributed by atoms with Crippen molar-refractivity contribution in [1.29, 1.82) is 0 Å². The highest BCUT2D eigenvalue weighted by Crippen LogP contribution is 2.27. The molecule has 4 nitrogen and oxygen atoms in total. The first kappa shape index (κ1) is 19.7. The fourth-order valence-corrected chi connectivity index (χ4v) is 2.99. The summed E-state index contributed by atoms with van der Waals surface area (Å²) in [6, 6.07) is 19.4. The van der Waals surface area contributed by atoms with Gasteiger partial charge in [-0.15, -0.1) is 0 Å². The number of rotatable bonds is 7. The van der Waals surface area contributed by atoms with Gasteiger partial charge in [0.25, 0.3) is 0 Å². The van der Waals surface area contributed by atoms with E-state index in [2.05, 4.69) is 0 Å². The lowest BCUT2D eigenvalue weighted by Crippen LogP contribution is -2.51. The minimum absolute atomic E-state index is 0.138. The summed E-state index contributed by atoms with van der Waals surface area (Å²) in [4.78, 5) is 29.8. The molecule has 2 rings (SSSR count). The predicted molar refractivity (Wildman–Crippen MR) is 106 cm³/mol. The largest absolute Gasteiger partial charge is 0.342 e. The molecule has 0 saturated heterocycles. The van der Waals surface area contributed by atoms with Crippen LogP contribution in [0.3, 0.4) is 0 Å². The Bertz CT molecular complexity index is 722. The zero-order valence-electron chi connectivity index (χ0n) is 16.1. The molecule has 4 heteroatoms. The molecule has 26 heavy (non-hydrogen) atoms. The Morgan fingerprint density at radius 1 is 0.808 bits per heavy atom. The number of hydrogen-bond acceptors (Lipinski definition) is 2. The van der Waals surface area contributed by atoms with Crippen molar-refractivity contribution in [2.45, 2.75) is 34.2 Å². The van der Waals surface area contributed by atoms with Crippen molar-refractivity contribution in [2.75, 3.05) is 18.0 Å². The topological polar surface area (TPSA) is 40.6 Å². The van der Waals surface area contributed by atoms with Crippen LogP contribution in [0.2, 0.25) is 0 Å². The summed E-state index contributed by atoms with van der Waals surface area (Å²) in [6.45, 7) is 8.92. The Morgan fingerprint density at radius 2 is 1.31 bits per heavy atom. The van der Waals surface area contributed by atoms with Gasteiger partial charge in [0, 0.05) is 18.8 Å². The summed E-state index contributed by atoms with van der Waals surface area (Å²) in [6.07, 6.45) is 0. The van der Waals surface area contributed by atoms with Crippen molar-refractivity contribution < 1.29 is 9.59 Å². The maximum absolute atomic E-state index is 13.4. The number of benzene rings is 2. The standard InChI is InChI=1S/C22H28N2O2/c1-5-23(6-2)20(25)22(3,4)21(26)24(19-15-11-8-12-16-19)17-18-13-9-7-10-14-18/h7-16H,5-6,17H2,1-4H3. The Morgan fingerprint density at radius 3 is 1.81 bits per heavy atom. The first-order valence-corrected chi connectivity index (χ1v) is 9.12. The van der Waals surface area contributed by atoms with Crippen LogP contribution in [0, 0.1) is 5.41 Å². The van der Waals surface area contributed by atoms with E-state index >= 15 is 0 Å². The van der Waals surface area contributed by atoms with E-state index < -0.39 is 5.41 Å². The van der Waals surface area contributed by atoms with Gasteiger partial charge >= 0.3 is 0 Å². The third kappa shape index (κ3) is 4.31. The summed E-state index contributed by atoms with van der Waals surface area (Å²) < 4.78 is 0. The monoisotopic (exact) mass is 352 g/mol. The second kappa shape index (κ2) is 8.65. The molecular weight excluding hydrogens is 324 g/mol. The highest BCUT2D eigenvalue weighted by Gasteiger charge is 2.41. The van der Waals surface area contributed by atoms with Crippen LogP contribution in [0.15, 0.2) is 60.7 Å². The number of amides is 2. The second-order valence-electron chi connectivity index (χ2n) is 6.81. The highest BCUT2D eigenvalue weighted by atomic mass is 16.2. The van der Waals surface area contributed by atoms with Crippen LogP contribution < -0.4 is 4.90 Å². The number of anilines is 1. The number of nitrogens with zero attached hydrogens (tertiary/aromatic N) is 2. The van der Waals surface area contributed by atoms with Crippen LogP contribution in [0.1, 0.15) is 33.3 Å². The molecule has 0 fully saturated rings. The van der Waals surface area contributed by atoms with E-state index in [0.29, 0.717) is 19.6 Å². The average molecular weight is 352 g/mol. The van der Waals surface area contributed by atoms with Gasteiger partial charge < -0.3 is 9.80 Å². The molecule has 0 bridgehead atoms. The summed E-state index contributed by atoms with van der Waals surface area (Å²) in [5.74, 6) is -0.328. The SMILES string of the molecule is CCN(CC)C(=O)C(C)(C)C(=O)N(Cc1ccccc1)c1ccccc1. The molecule has 0 heterocycles. The summed E-state index contributed by atoms with van der Waals surface area (Å²) in [5, 5.41) is 0. The molecule has 138 valence electrons. The average Bonchev–Trinajstić information content (AvgIpc) is 2.68. The van der Waals surface area contributed by atoms with E-state index in [1.807, 2.05) is 74.5 Å². The van der Waals surface area contributed by atoms with E-state index in [0.717, 1.165) is 11.3 Å². The molecule has 0 aliphatic carbocycles. The van der Waals surface area contributed by atoms with Crippen molar-refractivity contribution in [2.24, 2.45) is 5.41 Å². The molecule has 2 aromatic rings. The van der Waals surface area contributed by atoms with Crippen molar-refractivity contribution in [3.05, 3.63) is 66.2 Å². The van der Waals surface area contributed by atoms with Gasteiger partial charge in [-0.05, 0) is 45.4 Å². The van der Waals surface area contributed by atoms with Crippen LogP contribution in [0.5, 0.6) is 0 Å². The lowest BCUT2D eigenvalue weighted by atomic mass is 9.89. The maximum Gasteiger partial charge on any atom is 0.242 e. The Balaban J connectivity index is 2.38. The number of hydrogen-bond donors (Lipinski definition) is 0. The maximum atomic E-state index is 13.4. The van der Waals surface area contributed by atoms with E-state index in [4.69, 9.17) is 0 Å². The fourth-order valence-electron chi connectivity index (χ4n) is 2.99. The quantitative estimate of drug-likeness (QED) is 0.704. The number of para-hydroxylation sites is 1. The predicted octanol–water partition coefficient (Wildman–Crippen LogP) is 4.11.